The van der Waals surface area contributed by atoms with Gasteiger partial charge in [0, 0.05) is 12.0 Å². The topological polar surface area (TPSA) is 43.8 Å². The van der Waals surface area contributed by atoms with Crippen molar-refractivity contribution in [2.75, 3.05) is 0 Å². The maximum Gasteiger partial charge on any atom is 0.0635 e. The first kappa shape index (κ1) is 9.21. The van der Waals surface area contributed by atoms with E-state index >= 15 is 0 Å². The first-order valence-corrected chi connectivity index (χ1v) is 5.44. The maximum absolute atomic E-state index is 5.75. The van der Waals surface area contributed by atoms with Gasteiger partial charge in [-0.1, -0.05) is 0 Å². The second-order valence-electron chi connectivity index (χ2n) is 3.81. The lowest BCUT2D eigenvalue weighted by molar-refractivity contribution is 0.519. The van der Waals surface area contributed by atoms with Crippen LogP contribution in [-0.2, 0) is 6.54 Å². The average Bonchev–Trinajstić information content (AvgIpc) is 2.79. The summed E-state index contributed by atoms with van der Waals surface area (Å²) in [5, 5.41) is 4.31. The molecule has 4 heteroatoms. The van der Waals surface area contributed by atoms with Crippen LogP contribution in [0.4, 0.5) is 0 Å². The summed E-state index contributed by atoms with van der Waals surface area (Å²) < 4.78 is 3.17. The predicted octanol–water partition coefficient (Wildman–Crippen LogP) is 1.87. The third-order valence-corrected chi connectivity index (χ3v) is 2.87. The van der Waals surface area contributed by atoms with Crippen LogP contribution in [-0.4, -0.2) is 15.8 Å². The highest BCUT2D eigenvalue weighted by Gasteiger charge is 2.29. The van der Waals surface area contributed by atoms with Gasteiger partial charge in [0.25, 0.3) is 0 Å². The highest BCUT2D eigenvalue weighted by atomic mass is 79.9. The minimum absolute atomic E-state index is 0.171. The number of nitrogens with two attached hydrogens (primary N) is 1. The molecule has 1 aliphatic rings. The lowest BCUT2D eigenvalue weighted by Crippen LogP contribution is -2.23. The van der Waals surface area contributed by atoms with Gasteiger partial charge in [0.05, 0.1) is 22.9 Å². The summed E-state index contributed by atoms with van der Waals surface area (Å²) in [7, 11) is 0. The van der Waals surface area contributed by atoms with Crippen molar-refractivity contribution in [2.45, 2.75) is 38.3 Å². The molecule has 1 atom stereocenters. The molecule has 72 valence electrons. The highest BCUT2D eigenvalue weighted by Crippen LogP contribution is 2.43. The van der Waals surface area contributed by atoms with E-state index in [-0.39, 0.29) is 6.04 Å². The highest BCUT2D eigenvalue weighted by molar-refractivity contribution is 9.10. The zero-order valence-electron chi connectivity index (χ0n) is 7.70. The first-order valence-electron chi connectivity index (χ1n) is 4.65. The predicted molar refractivity (Wildman–Crippen MR) is 55.6 cm³/mol. The molecule has 0 bridgehead atoms. The van der Waals surface area contributed by atoms with E-state index in [0.717, 1.165) is 16.9 Å². The summed E-state index contributed by atoms with van der Waals surface area (Å²) in [5.41, 5.74) is 7.08. The van der Waals surface area contributed by atoms with Crippen LogP contribution in [0.1, 0.15) is 31.4 Å². The molecular weight excluding hydrogens is 230 g/mol. The maximum atomic E-state index is 5.75. The van der Waals surface area contributed by atoms with Crippen LogP contribution in [0, 0.1) is 0 Å². The van der Waals surface area contributed by atoms with E-state index in [1.807, 2.05) is 17.8 Å². The van der Waals surface area contributed by atoms with Crippen LogP contribution in [0.25, 0.3) is 0 Å². The van der Waals surface area contributed by atoms with Gasteiger partial charge in [0.15, 0.2) is 0 Å². The number of aromatic nitrogens is 2. The average molecular weight is 244 g/mol. The molecule has 0 amide bonds. The van der Waals surface area contributed by atoms with Gasteiger partial charge in [0.1, 0.15) is 0 Å². The Labute approximate surface area is 86.4 Å². The SMILES string of the molecule is CC(N)Cn1ncc(Br)c1C1CC1. The van der Waals surface area contributed by atoms with Crippen molar-refractivity contribution in [3.63, 3.8) is 0 Å². The summed E-state index contributed by atoms with van der Waals surface area (Å²) in [6.07, 6.45) is 4.46. The minimum atomic E-state index is 0.171. The number of halogens is 1. The van der Waals surface area contributed by atoms with Gasteiger partial charge in [-0.2, -0.15) is 5.10 Å². The van der Waals surface area contributed by atoms with E-state index < -0.39 is 0 Å². The second-order valence-corrected chi connectivity index (χ2v) is 4.67. The fourth-order valence-electron chi connectivity index (χ4n) is 1.55. The summed E-state index contributed by atoms with van der Waals surface area (Å²) in [4.78, 5) is 0. The van der Waals surface area contributed by atoms with Gasteiger partial charge in [-0.3, -0.25) is 4.68 Å². The Balaban J connectivity index is 2.23. The van der Waals surface area contributed by atoms with Gasteiger partial charge in [-0.25, -0.2) is 0 Å². The van der Waals surface area contributed by atoms with Gasteiger partial charge in [-0.05, 0) is 35.7 Å². The van der Waals surface area contributed by atoms with E-state index in [0.29, 0.717) is 0 Å². The molecule has 1 unspecified atom stereocenters. The molecule has 2 N–H and O–H groups in total. The van der Waals surface area contributed by atoms with Crippen molar-refractivity contribution >= 4 is 15.9 Å². The van der Waals surface area contributed by atoms with Crippen molar-refractivity contribution in [2.24, 2.45) is 5.73 Å². The molecule has 1 aromatic heterocycles. The third kappa shape index (κ3) is 1.94. The fraction of sp³-hybridized carbons (Fsp3) is 0.667. The zero-order valence-corrected chi connectivity index (χ0v) is 9.29. The van der Waals surface area contributed by atoms with Crippen molar-refractivity contribution in [1.29, 1.82) is 0 Å². The van der Waals surface area contributed by atoms with Crippen LogP contribution in [0.2, 0.25) is 0 Å². The quantitative estimate of drug-likeness (QED) is 0.882. The molecule has 3 nitrogen and oxygen atoms in total. The Morgan fingerprint density at radius 3 is 3.00 bits per heavy atom. The fourth-order valence-corrected chi connectivity index (χ4v) is 2.17. The summed E-state index contributed by atoms with van der Waals surface area (Å²) in [6.45, 7) is 2.82. The summed E-state index contributed by atoms with van der Waals surface area (Å²) in [5.74, 6) is 0.718. The van der Waals surface area contributed by atoms with Crippen LogP contribution < -0.4 is 5.73 Å². The van der Waals surface area contributed by atoms with Gasteiger partial charge in [0.2, 0.25) is 0 Å². The largest absolute Gasteiger partial charge is 0.326 e. The standard InChI is InChI=1S/C9H14BrN3/c1-6(11)5-13-9(7-2-3-7)8(10)4-12-13/h4,6-7H,2-3,5,11H2,1H3. The number of nitrogens with zero attached hydrogens (tertiary/aromatic N) is 2. The molecule has 0 spiro atoms. The molecule has 1 saturated carbocycles. The van der Waals surface area contributed by atoms with Crippen LogP contribution in [0.3, 0.4) is 0 Å². The normalized spacial score (nSPS) is 19.0. The van der Waals surface area contributed by atoms with Crippen LogP contribution in [0.5, 0.6) is 0 Å². The molecule has 13 heavy (non-hydrogen) atoms. The third-order valence-electron chi connectivity index (χ3n) is 2.26. The Kier molecular flexibility index (Phi) is 2.43. The van der Waals surface area contributed by atoms with Crippen molar-refractivity contribution in [3.05, 3.63) is 16.4 Å². The van der Waals surface area contributed by atoms with Crippen molar-refractivity contribution < 1.29 is 0 Å². The zero-order chi connectivity index (χ0) is 9.42. The number of hydrogen-bond donors (Lipinski definition) is 1. The van der Waals surface area contributed by atoms with Gasteiger partial charge >= 0.3 is 0 Å². The molecule has 1 aromatic rings. The van der Waals surface area contributed by atoms with E-state index in [1.54, 1.807) is 0 Å². The van der Waals surface area contributed by atoms with E-state index in [1.165, 1.54) is 18.5 Å². The number of rotatable bonds is 3. The lowest BCUT2D eigenvalue weighted by atomic mass is 10.3. The first-order chi connectivity index (χ1) is 6.18. The molecule has 0 radical (unpaired) electrons. The molecule has 1 fully saturated rings. The second kappa shape index (κ2) is 3.42. The van der Waals surface area contributed by atoms with E-state index in [9.17, 15) is 0 Å². The van der Waals surface area contributed by atoms with Crippen LogP contribution >= 0.6 is 15.9 Å². The molecule has 1 aliphatic carbocycles. The Morgan fingerprint density at radius 1 is 1.77 bits per heavy atom. The lowest BCUT2D eigenvalue weighted by Gasteiger charge is -2.09. The van der Waals surface area contributed by atoms with Crippen molar-refractivity contribution in [1.82, 2.24) is 9.78 Å². The van der Waals surface area contributed by atoms with Crippen LogP contribution in [0.15, 0.2) is 10.7 Å². The molecule has 0 aromatic carbocycles. The molecule has 0 aliphatic heterocycles. The summed E-state index contributed by atoms with van der Waals surface area (Å²) >= 11 is 3.52. The smallest absolute Gasteiger partial charge is 0.0635 e. The van der Waals surface area contributed by atoms with Gasteiger partial charge in [-0.15, -0.1) is 0 Å². The molecule has 2 rings (SSSR count). The van der Waals surface area contributed by atoms with E-state index in [4.69, 9.17) is 5.73 Å². The summed E-state index contributed by atoms with van der Waals surface area (Å²) in [6, 6.07) is 0.171. The Bertz CT molecular complexity index is 302. The molecule has 0 saturated heterocycles. The molecular formula is C9H14BrN3. The number of hydrogen-bond acceptors (Lipinski definition) is 2. The van der Waals surface area contributed by atoms with E-state index in [2.05, 4.69) is 21.0 Å². The molecule has 1 heterocycles. The van der Waals surface area contributed by atoms with Crippen molar-refractivity contribution in [3.8, 4) is 0 Å². The Morgan fingerprint density at radius 2 is 2.46 bits per heavy atom. The Hall–Kier alpha value is -0.350. The monoisotopic (exact) mass is 243 g/mol. The van der Waals surface area contributed by atoms with Gasteiger partial charge < -0.3 is 5.73 Å². The minimum Gasteiger partial charge on any atom is -0.326 e.